The second-order valence-corrected chi connectivity index (χ2v) is 4.21. The lowest BCUT2D eigenvalue weighted by molar-refractivity contribution is -0.141. The van der Waals surface area contributed by atoms with Gasteiger partial charge in [-0.25, -0.2) is 4.98 Å². The summed E-state index contributed by atoms with van der Waals surface area (Å²) in [5, 5.41) is 0.490. The van der Waals surface area contributed by atoms with Crippen LogP contribution in [-0.2, 0) is 6.18 Å². The summed E-state index contributed by atoms with van der Waals surface area (Å²) in [4.78, 5) is 3.68. The Balaban J connectivity index is 2.74. The average Bonchev–Trinajstić information content (AvgIpc) is 2.37. The number of pyridine rings is 1. The van der Waals surface area contributed by atoms with E-state index in [0.29, 0.717) is 17.7 Å². The van der Waals surface area contributed by atoms with Gasteiger partial charge < -0.3 is 10.2 Å². The molecule has 4 nitrogen and oxygen atoms in total. The number of rotatable bonds is 3. The van der Waals surface area contributed by atoms with E-state index in [1.807, 2.05) is 6.92 Å². The summed E-state index contributed by atoms with van der Waals surface area (Å²) in [6.07, 6.45) is -4.53. The van der Waals surface area contributed by atoms with Crippen LogP contribution in [0.3, 0.4) is 0 Å². The summed E-state index contributed by atoms with van der Waals surface area (Å²) >= 11 is 0. The maximum atomic E-state index is 12.9. The van der Waals surface area contributed by atoms with Gasteiger partial charge in [0.2, 0.25) is 0 Å². The highest BCUT2D eigenvalue weighted by Gasteiger charge is 2.36. The Hall–Kier alpha value is -2.02. The zero-order valence-electron chi connectivity index (χ0n) is 11.0. The van der Waals surface area contributed by atoms with Crippen LogP contribution in [0.15, 0.2) is 18.2 Å². The molecule has 0 amide bonds. The van der Waals surface area contributed by atoms with E-state index in [-0.39, 0.29) is 16.8 Å². The highest BCUT2D eigenvalue weighted by Crippen LogP contribution is 2.37. The number of hydrogen-bond donors (Lipinski definition) is 2. The molecule has 108 valence electrons. The predicted octanol–water partition coefficient (Wildman–Crippen LogP) is 3.25. The van der Waals surface area contributed by atoms with Crippen molar-refractivity contribution in [3.63, 3.8) is 0 Å². The number of hydrazine groups is 1. The Kier molecular flexibility index (Phi) is 3.71. The van der Waals surface area contributed by atoms with E-state index in [1.54, 1.807) is 12.1 Å². The third kappa shape index (κ3) is 2.49. The molecule has 0 aliphatic carbocycles. The lowest BCUT2D eigenvalue weighted by atomic mass is 10.1. The minimum Gasteiger partial charge on any atom is -0.494 e. The molecule has 1 aromatic heterocycles. The molecule has 20 heavy (non-hydrogen) atoms. The van der Waals surface area contributed by atoms with Crippen molar-refractivity contribution in [3.8, 4) is 5.75 Å². The Labute approximate surface area is 113 Å². The van der Waals surface area contributed by atoms with Crippen LogP contribution in [0.5, 0.6) is 5.75 Å². The minimum atomic E-state index is -4.53. The Morgan fingerprint density at radius 3 is 2.60 bits per heavy atom. The second kappa shape index (κ2) is 5.16. The third-order valence-electron chi connectivity index (χ3n) is 2.92. The second-order valence-electron chi connectivity index (χ2n) is 4.21. The first-order valence-electron chi connectivity index (χ1n) is 5.99. The van der Waals surface area contributed by atoms with Gasteiger partial charge in [0, 0.05) is 10.9 Å². The van der Waals surface area contributed by atoms with Crippen molar-refractivity contribution in [1.29, 1.82) is 0 Å². The predicted molar refractivity (Wildman–Crippen MR) is 70.5 cm³/mol. The highest BCUT2D eigenvalue weighted by molar-refractivity contribution is 5.94. The molecular weight excluding hydrogens is 271 g/mol. The first-order chi connectivity index (χ1) is 9.38. The van der Waals surface area contributed by atoms with Crippen LogP contribution >= 0.6 is 0 Å². The number of aromatic nitrogens is 1. The van der Waals surface area contributed by atoms with Crippen molar-refractivity contribution in [3.05, 3.63) is 29.5 Å². The monoisotopic (exact) mass is 285 g/mol. The van der Waals surface area contributed by atoms with Gasteiger partial charge >= 0.3 is 6.18 Å². The van der Waals surface area contributed by atoms with Gasteiger partial charge in [-0.15, -0.1) is 0 Å². The van der Waals surface area contributed by atoms with E-state index in [0.717, 1.165) is 0 Å². The Morgan fingerprint density at radius 1 is 1.35 bits per heavy atom. The number of fused-ring (bicyclic) bond motifs is 1. The molecule has 2 rings (SSSR count). The Bertz CT molecular complexity index is 641. The minimum absolute atomic E-state index is 0.0406. The van der Waals surface area contributed by atoms with E-state index in [9.17, 15) is 13.2 Å². The largest absolute Gasteiger partial charge is 0.494 e. The molecule has 0 aliphatic heterocycles. The summed E-state index contributed by atoms with van der Waals surface area (Å²) in [5.74, 6) is 5.92. The zero-order chi connectivity index (χ0) is 14.9. The molecular formula is C13H14F3N3O. The summed E-state index contributed by atoms with van der Waals surface area (Å²) in [5.41, 5.74) is 1.75. The first-order valence-corrected chi connectivity index (χ1v) is 5.99. The number of benzene rings is 1. The van der Waals surface area contributed by atoms with Crippen LogP contribution in [0, 0.1) is 6.92 Å². The normalized spacial score (nSPS) is 11.7. The van der Waals surface area contributed by atoms with E-state index in [2.05, 4.69) is 10.4 Å². The van der Waals surface area contributed by atoms with Crippen LogP contribution in [-0.4, -0.2) is 11.6 Å². The molecule has 0 saturated heterocycles. The van der Waals surface area contributed by atoms with Gasteiger partial charge in [0.25, 0.3) is 0 Å². The molecule has 1 aromatic carbocycles. The van der Waals surface area contributed by atoms with Gasteiger partial charge in [-0.1, -0.05) is 0 Å². The topological polar surface area (TPSA) is 60.2 Å². The van der Waals surface area contributed by atoms with Gasteiger partial charge in [-0.3, -0.25) is 5.84 Å². The summed E-state index contributed by atoms with van der Waals surface area (Å²) in [6.45, 7) is 3.62. The lowest BCUT2D eigenvalue weighted by Crippen LogP contribution is -2.16. The number of nitrogens with zero attached hydrogens (tertiary/aromatic N) is 1. The van der Waals surface area contributed by atoms with Gasteiger partial charge in [0.15, 0.2) is 0 Å². The molecule has 0 atom stereocenters. The summed E-state index contributed by atoms with van der Waals surface area (Å²) in [7, 11) is 0. The molecule has 0 radical (unpaired) electrons. The molecule has 2 aromatic rings. The number of alkyl halides is 3. The molecule has 0 bridgehead atoms. The van der Waals surface area contributed by atoms with Crippen LogP contribution in [0.2, 0.25) is 0 Å². The number of ether oxygens (including phenoxy) is 1. The molecule has 0 fully saturated rings. The van der Waals surface area contributed by atoms with Gasteiger partial charge in [-0.2, -0.15) is 13.2 Å². The van der Waals surface area contributed by atoms with Crippen LogP contribution in [0.4, 0.5) is 18.9 Å². The lowest BCUT2D eigenvalue weighted by Gasteiger charge is -2.16. The van der Waals surface area contributed by atoms with E-state index >= 15 is 0 Å². The van der Waals surface area contributed by atoms with E-state index in [1.165, 1.54) is 13.0 Å². The molecule has 7 heteroatoms. The van der Waals surface area contributed by atoms with Crippen LogP contribution in [0.1, 0.15) is 18.2 Å². The fourth-order valence-corrected chi connectivity index (χ4v) is 2.06. The third-order valence-corrected chi connectivity index (χ3v) is 2.92. The molecule has 0 saturated carbocycles. The number of nitrogens with two attached hydrogens (primary N) is 1. The smallest absolute Gasteiger partial charge is 0.433 e. The quantitative estimate of drug-likeness (QED) is 0.671. The highest BCUT2D eigenvalue weighted by atomic mass is 19.4. The summed E-state index contributed by atoms with van der Waals surface area (Å²) in [6, 6.07) is 4.68. The average molecular weight is 285 g/mol. The fourth-order valence-electron chi connectivity index (χ4n) is 2.06. The molecule has 0 unspecified atom stereocenters. The molecule has 0 spiro atoms. The standard InChI is InChI=1S/C13H14F3N3O/c1-3-20-8-4-5-10-9(6-8)11(19-17)7(2)12(18-10)13(14,15)16/h4-6H,3,17H2,1-2H3,(H,18,19). The van der Waals surface area contributed by atoms with E-state index in [4.69, 9.17) is 10.6 Å². The fraction of sp³-hybridized carbons (Fsp3) is 0.308. The molecule has 0 aliphatic rings. The van der Waals surface area contributed by atoms with Gasteiger partial charge in [-0.05, 0) is 32.0 Å². The maximum Gasteiger partial charge on any atom is 0.433 e. The van der Waals surface area contributed by atoms with Crippen molar-refractivity contribution in [2.45, 2.75) is 20.0 Å². The van der Waals surface area contributed by atoms with E-state index < -0.39 is 11.9 Å². The van der Waals surface area contributed by atoms with Gasteiger partial charge in [0.1, 0.15) is 11.4 Å². The number of nitrogen functional groups attached to an aromatic ring is 1. The number of nitrogens with one attached hydrogen (secondary N) is 1. The number of anilines is 1. The van der Waals surface area contributed by atoms with Gasteiger partial charge in [0.05, 0.1) is 17.8 Å². The molecule has 3 N–H and O–H groups in total. The van der Waals surface area contributed by atoms with Crippen molar-refractivity contribution in [2.24, 2.45) is 5.84 Å². The SMILES string of the molecule is CCOc1ccc2nc(C(F)(F)F)c(C)c(NN)c2c1. The van der Waals surface area contributed by atoms with Crippen molar-refractivity contribution in [1.82, 2.24) is 4.98 Å². The maximum absolute atomic E-state index is 12.9. The van der Waals surface area contributed by atoms with Crippen molar-refractivity contribution in [2.75, 3.05) is 12.0 Å². The Morgan fingerprint density at radius 2 is 2.05 bits per heavy atom. The number of halogens is 3. The molecule has 1 heterocycles. The summed E-state index contributed by atoms with van der Waals surface area (Å²) < 4.78 is 44.1. The first kappa shape index (κ1) is 14.4. The van der Waals surface area contributed by atoms with Crippen molar-refractivity contribution < 1.29 is 17.9 Å². The zero-order valence-corrected chi connectivity index (χ0v) is 11.0. The van der Waals surface area contributed by atoms with Crippen LogP contribution < -0.4 is 16.0 Å². The van der Waals surface area contributed by atoms with Crippen LogP contribution in [0.25, 0.3) is 10.9 Å². The van der Waals surface area contributed by atoms with Crippen molar-refractivity contribution >= 4 is 16.6 Å². The number of hydrogen-bond acceptors (Lipinski definition) is 4.